The van der Waals surface area contributed by atoms with Crippen molar-refractivity contribution in [3.63, 3.8) is 0 Å². The lowest BCUT2D eigenvalue weighted by Crippen LogP contribution is -2.28. The highest BCUT2D eigenvalue weighted by molar-refractivity contribution is 5.76. The molecule has 0 aliphatic rings. The van der Waals surface area contributed by atoms with Gasteiger partial charge in [-0.05, 0) is 17.9 Å². The first-order chi connectivity index (χ1) is 9.58. The van der Waals surface area contributed by atoms with Gasteiger partial charge in [0.25, 0.3) is 0 Å². The SMILES string of the molecule is CC(CNC(=O)CC/C=C/c1ccccc1)CC(=O)O. The Bertz CT molecular complexity index is 454. The van der Waals surface area contributed by atoms with Crippen molar-refractivity contribution >= 4 is 18.0 Å². The molecule has 1 aromatic carbocycles. The average Bonchev–Trinajstić information content (AvgIpc) is 2.42. The second kappa shape index (κ2) is 8.91. The predicted molar refractivity (Wildman–Crippen MR) is 79.1 cm³/mol. The summed E-state index contributed by atoms with van der Waals surface area (Å²) >= 11 is 0. The quantitative estimate of drug-likeness (QED) is 0.766. The standard InChI is InChI=1S/C16H21NO3/c1-13(11-16(19)20)12-17-15(18)10-6-5-9-14-7-3-2-4-8-14/h2-5,7-9,13H,6,10-12H2,1H3,(H,17,18)(H,19,20)/b9-5+. The van der Waals surface area contributed by atoms with Gasteiger partial charge in [-0.3, -0.25) is 9.59 Å². The number of carboxylic acid groups (broad SMARTS) is 1. The molecule has 2 N–H and O–H groups in total. The highest BCUT2D eigenvalue weighted by atomic mass is 16.4. The number of carbonyl (C=O) groups excluding carboxylic acids is 1. The van der Waals surface area contributed by atoms with Gasteiger partial charge in [-0.1, -0.05) is 49.4 Å². The van der Waals surface area contributed by atoms with Crippen molar-refractivity contribution < 1.29 is 14.7 Å². The fourth-order valence-corrected chi connectivity index (χ4v) is 1.74. The Balaban J connectivity index is 2.17. The molecule has 0 fully saturated rings. The molecule has 0 aliphatic carbocycles. The second-order valence-corrected chi connectivity index (χ2v) is 4.86. The highest BCUT2D eigenvalue weighted by Crippen LogP contribution is 2.03. The van der Waals surface area contributed by atoms with Crippen molar-refractivity contribution in [3.8, 4) is 0 Å². The van der Waals surface area contributed by atoms with Crippen molar-refractivity contribution in [2.45, 2.75) is 26.2 Å². The van der Waals surface area contributed by atoms with Gasteiger partial charge in [0.1, 0.15) is 0 Å². The number of nitrogens with one attached hydrogen (secondary N) is 1. The molecule has 108 valence electrons. The van der Waals surface area contributed by atoms with Crippen LogP contribution in [0.15, 0.2) is 36.4 Å². The topological polar surface area (TPSA) is 66.4 Å². The Hall–Kier alpha value is -2.10. The average molecular weight is 275 g/mol. The maximum absolute atomic E-state index is 11.6. The van der Waals surface area contributed by atoms with Crippen LogP contribution in [0, 0.1) is 5.92 Å². The lowest BCUT2D eigenvalue weighted by atomic mass is 10.1. The van der Waals surface area contributed by atoms with Crippen molar-refractivity contribution in [1.29, 1.82) is 0 Å². The van der Waals surface area contributed by atoms with Crippen molar-refractivity contribution in [3.05, 3.63) is 42.0 Å². The molecule has 0 aliphatic heterocycles. The van der Waals surface area contributed by atoms with E-state index in [1.165, 1.54) is 0 Å². The summed E-state index contributed by atoms with van der Waals surface area (Å²) in [6.07, 6.45) is 5.13. The number of hydrogen-bond acceptors (Lipinski definition) is 2. The molecule has 0 spiro atoms. The van der Waals surface area contributed by atoms with Crippen LogP contribution >= 0.6 is 0 Å². The van der Waals surface area contributed by atoms with E-state index in [0.717, 1.165) is 5.56 Å². The first kappa shape index (κ1) is 16.0. The van der Waals surface area contributed by atoms with Crippen LogP contribution in [0.25, 0.3) is 6.08 Å². The minimum atomic E-state index is -0.836. The van der Waals surface area contributed by atoms with Crippen molar-refractivity contribution in [2.75, 3.05) is 6.54 Å². The Morgan fingerprint density at radius 3 is 2.65 bits per heavy atom. The summed E-state index contributed by atoms with van der Waals surface area (Å²) in [6.45, 7) is 2.22. The first-order valence-corrected chi connectivity index (χ1v) is 6.78. The maximum atomic E-state index is 11.6. The zero-order chi connectivity index (χ0) is 14.8. The molecule has 1 unspecified atom stereocenters. The van der Waals surface area contributed by atoms with E-state index in [-0.39, 0.29) is 18.2 Å². The normalized spacial score (nSPS) is 12.2. The van der Waals surface area contributed by atoms with Crippen LogP contribution in [-0.4, -0.2) is 23.5 Å². The van der Waals surface area contributed by atoms with Crippen molar-refractivity contribution in [2.24, 2.45) is 5.92 Å². The van der Waals surface area contributed by atoms with Crippen LogP contribution in [0.3, 0.4) is 0 Å². The maximum Gasteiger partial charge on any atom is 0.303 e. The predicted octanol–water partition coefficient (Wildman–Crippen LogP) is 2.71. The van der Waals surface area contributed by atoms with Crippen LogP contribution < -0.4 is 5.32 Å². The van der Waals surface area contributed by atoms with Crippen molar-refractivity contribution in [1.82, 2.24) is 5.32 Å². The van der Waals surface area contributed by atoms with E-state index >= 15 is 0 Å². The first-order valence-electron chi connectivity index (χ1n) is 6.78. The molecule has 0 bridgehead atoms. The van der Waals surface area contributed by atoms with E-state index < -0.39 is 5.97 Å². The number of amides is 1. The zero-order valence-electron chi connectivity index (χ0n) is 11.7. The third-order valence-corrected chi connectivity index (χ3v) is 2.82. The molecule has 20 heavy (non-hydrogen) atoms. The van der Waals surface area contributed by atoms with Gasteiger partial charge in [0.15, 0.2) is 0 Å². The number of aliphatic carboxylic acids is 1. The number of rotatable bonds is 8. The van der Waals surface area contributed by atoms with Crippen LogP contribution in [0.4, 0.5) is 0 Å². The number of carbonyl (C=O) groups is 2. The summed E-state index contributed by atoms with van der Waals surface area (Å²) in [5.74, 6) is -0.922. The molecule has 4 nitrogen and oxygen atoms in total. The summed E-state index contributed by atoms with van der Waals surface area (Å²) in [6, 6.07) is 9.91. The molecule has 4 heteroatoms. The third kappa shape index (κ3) is 7.36. The number of benzene rings is 1. The molecule has 0 saturated carbocycles. The smallest absolute Gasteiger partial charge is 0.303 e. The molecule has 0 heterocycles. The van der Waals surface area contributed by atoms with Gasteiger partial charge >= 0.3 is 5.97 Å². The van der Waals surface area contributed by atoms with Gasteiger partial charge in [-0.2, -0.15) is 0 Å². The van der Waals surface area contributed by atoms with E-state index in [4.69, 9.17) is 5.11 Å². The fourth-order valence-electron chi connectivity index (χ4n) is 1.74. The largest absolute Gasteiger partial charge is 0.481 e. The van der Waals surface area contributed by atoms with Crippen LogP contribution in [0.2, 0.25) is 0 Å². The number of allylic oxidation sites excluding steroid dienone is 1. The third-order valence-electron chi connectivity index (χ3n) is 2.82. The van der Waals surface area contributed by atoms with E-state index in [1.807, 2.05) is 49.4 Å². The summed E-state index contributed by atoms with van der Waals surface area (Å²) in [5.41, 5.74) is 1.11. The number of hydrogen-bond donors (Lipinski definition) is 2. The monoisotopic (exact) mass is 275 g/mol. The number of carboxylic acids is 1. The molecular formula is C16H21NO3. The van der Waals surface area contributed by atoms with E-state index in [0.29, 0.717) is 19.4 Å². The molecule has 1 amide bonds. The summed E-state index contributed by atoms with van der Waals surface area (Å²) < 4.78 is 0. The molecule has 0 radical (unpaired) electrons. The molecule has 1 atom stereocenters. The minimum absolute atomic E-state index is 0.0417. The van der Waals surface area contributed by atoms with E-state index in [9.17, 15) is 9.59 Å². The van der Waals surface area contributed by atoms with Gasteiger partial charge in [-0.25, -0.2) is 0 Å². The minimum Gasteiger partial charge on any atom is -0.481 e. The summed E-state index contributed by atoms with van der Waals surface area (Å²) in [4.78, 5) is 22.0. The fraction of sp³-hybridized carbons (Fsp3) is 0.375. The Kier molecular flexibility index (Phi) is 7.11. The van der Waals surface area contributed by atoms with Gasteiger partial charge in [-0.15, -0.1) is 0 Å². The summed E-state index contributed by atoms with van der Waals surface area (Å²) in [7, 11) is 0. The Morgan fingerprint density at radius 2 is 2.00 bits per heavy atom. The summed E-state index contributed by atoms with van der Waals surface area (Å²) in [5, 5.41) is 11.4. The molecule has 1 aromatic rings. The van der Waals surface area contributed by atoms with Gasteiger partial charge in [0.2, 0.25) is 5.91 Å². The Morgan fingerprint density at radius 1 is 1.30 bits per heavy atom. The molecule has 0 aromatic heterocycles. The lowest BCUT2D eigenvalue weighted by molar-refractivity contribution is -0.138. The zero-order valence-corrected chi connectivity index (χ0v) is 11.7. The highest BCUT2D eigenvalue weighted by Gasteiger charge is 2.08. The van der Waals surface area contributed by atoms with Crippen LogP contribution in [-0.2, 0) is 9.59 Å². The van der Waals surface area contributed by atoms with Crippen LogP contribution in [0.5, 0.6) is 0 Å². The molecule has 1 rings (SSSR count). The Labute approximate surface area is 119 Å². The molecule has 0 saturated heterocycles. The van der Waals surface area contributed by atoms with Gasteiger partial charge in [0.05, 0.1) is 0 Å². The lowest BCUT2D eigenvalue weighted by Gasteiger charge is -2.09. The van der Waals surface area contributed by atoms with E-state index in [1.54, 1.807) is 0 Å². The van der Waals surface area contributed by atoms with Gasteiger partial charge in [0, 0.05) is 19.4 Å². The second-order valence-electron chi connectivity index (χ2n) is 4.86. The van der Waals surface area contributed by atoms with E-state index in [2.05, 4.69) is 5.32 Å². The molecular weight excluding hydrogens is 254 g/mol. The van der Waals surface area contributed by atoms with Gasteiger partial charge < -0.3 is 10.4 Å². The van der Waals surface area contributed by atoms with Crippen LogP contribution in [0.1, 0.15) is 31.7 Å².